The largest absolute Gasteiger partial charge is 0.346 e. The topological polar surface area (TPSA) is 62.3 Å². The third-order valence-corrected chi connectivity index (χ3v) is 4.44. The predicted octanol–water partition coefficient (Wildman–Crippen LogP) is 3.03. The summed E-state index contributed by atoms with van der Waals surface area (Å²) in [7, 11) is 0. The molecule has 2 amide bonds. The van der Waals surface area contributed by atoms with Gasteiger partial charge in [-0.15, -0.1) is 0 Å². The molecule has 1 aliphatic rings. The first-order valence-corrected chi connectivity index (χ1v) is 8.81. The van der Waals surface area contributed by atoms with Gasteiger partial charge in [-0.25, -0.2) is 0 Å². The van der Waals surface area contributed by atoms with E-state index in [-0.39, 0.29) is 11.8 Å². The van der Waals surface area contributed by atoms with Crippen molar-refractivity contribution in [2.24, 2.45) is 0 Å². The number of aromatic nitrogens is 1. The number of nitrogens with one attached hydrogen (secondary N) is 1. The molecule has 0 radical (unpaired) electrons. The molecule has 1 aromatic carbocycles. The van der Waals surface area contributed by atoms with E-state index in [1.54, 1.807) is 30.5 Å². The molecule has 2 heterocycles. The highest BCUT2D eigenvalue weighted by Crippen LogP contribution is 2.14. The first-order valence-electron chi connectivity index (χ1n) is 8.81. The van der Waals surface area contributed by atoms with Crippen LogP contribution < -0.4 is 5.32 Å². The number of amides is 2. The van der Waals surface area contributed by atoms with Crippen LogP contribution >= 0.6 is 0 Å². The standard InChI is InChI=1S/C20H23N3O2/c24-19(22-15-18-7-3-4-12-21-18)16-8-10-17(11-9-16)20(25)23-13-5-1-2-6-14-23/h3-4,7-12H,1-2,5-6,13-15H2,(H,22,24). The third kappa shape index (κ3) is 4.66. The summed E-state index contributed by atoms with van der Waals surface area (Å²) in [5.74, 6) is -0.109. The molecular formula is C20H23N3O2. The summed E-state index contributed by atoms with van der Waals surface area (Å²) in [6.07, 6.45) is 6.22. The van der Waals surface area contributed by atoms with Crippen molar-refractivity contribution >= 4 is 11.8 Å². The van der Waals surface area contributed by atoms with Crippen LogP contribution in [0.2, 0.25) is 0 Å². The maximum absolute atomic E-state index is 12.6. The van der Waals surface area contributed by atoms with Crippen LogP contribution in [0.3, 0.4) is 0 Å². The Morgan fingerprint density at radius 2 is 1.60 bits per heavy atom. The Kier molecular flexibility index (Phi) is 5.77. The molecule has 0 spiro atoms. The van der Waals surface area contributed by atoms with Crippen molar-refractivity contribution in [3.63, 3.8) is 0 Å². The molecule has 0 bridgehead atoms. The van der Waals surface area contributed by atoms with E-state index in [4.69, 9.17) is 0 Å². The van der Waals surface area contributed by atoms with Crippen LogP contribution in [0.15, 0.2) is 48.7 Å². The lowest BCUT2D eigenvalue weighted by Gasteiger charge is -2.20. The van der Waals surface area contributed by atoms with E-state index in [1.165, 1.54) is 12.8 Å². The molecule has 0 saturated carbocycles. The summed E-state index contributed by atoms with van der Waals surface area (Å²) >= 11 is 0. The fourth-order valence-corrected chi connectivity index (χ4v) is 3.00. The fraction of sp³-hybridized carbons (Fsp3) is 0.350. The number of carbonyl (C=O) groups is 2. The number of likely N-dealkylation sites (tertiary alicyclic amines) is 1. The molecule has 0 unspecified atom stereocenters. The molecule has 130 valence electrons. The Hall–Kier alpha value is -2.69. The van der Waals surface area contributed by atoms with Gasteiger partial charge in [-0.05, 0) is 49.2 Å². The van der Waals surface area contributed by atoms with Crippen LogP contribution in [0.4, 0.5) is 0 Å². The summed E-state index contributed by atoms with van der Waals surface area (Å²) in [6, 6.07) is 12.5. The average molecular weight is 337 g/mol. The second-order valence-electron chi connectivity index (χ2n) is 6.29. The predicted molar refractivity (Wildman–Crippen MR) is 96.2 cm³/mol. The zero-order valence-corrected chi connectivity index (χ0v) is 14.3. The van der Waals surface area contributed by atoms with Crippen molar-refractivity contribution in [2.75, 3.05) is 13.1 Å². The lowest BCUT2D eigenvalue weighted by atomic mass is 10.1. The van der Waals surface area contributed by atoms with Crippen LogP contribution in [-0.4, -0.2) is 34.8 Å². The van der Waals surface area contributed by atoms with E-state index < -0.39 is 0 Å². The SMILES string of the molecule is O=C(NCc1ccccn1)c1ccc(C(=O)N2CCCCCC2)cc1. The summed E-state index contributed by atoms with van der Waals surface area (Å²) in [5.41, 5.74) is 2.00. The van der Waals surface area contributed by atoms with Crippen molar-refractivity contribution in [3.8, 4) is 0 Å². The van der Waals surface area contributed by atoms with Crippen molar-refractivity contribution in [3.05, 3.63) is 65.5 Å². The Morgan fingerprint density at radius 1 is 0.920 bits per heavy atom. The van der Waals surface area contributed by atoms with Gasteiger partial charge < -0.3 is 10.2 Å². The van der Waals surface area contributed by atoms with Gasteiger partial charge in [-0.2, -0.15) is 0 Å². The molecule has 1 fully saturated rings. The van der Waals surface area contributed by atoms with Gasteiger partial charge in [0, 0.05) is 30.4 Å². The summed E-state index contributed by atoms with van der Waals surface area (Å²) < 4.78 is 0. The fourth-order valence-electron chi connectivity index (χ4n) is 3.00. The van der Waals surface area contributed by atoms with E-state index in [0.717, 1.165) is 31.6 Å². The number of hydrogen-bond acceptors (Lipinski definition) is 3. The Bertz CT molecular complexity index is 705. The van der Waals surface area contributed by atoms with Gasteiger partial charge in [0.2, 0.25) is 0 Å². The van der Waals surface area contributed by atoms with Crippen LogP contribution in [0, 0.1) is 0 Å². The summed E-state index contributed by atoms with van der Waals surface area (Å²) in [4.78, 5) is 30.9. The Balaban J connectivity index is 1.59. The molecule has 1 aliphatic heterocycles. The lowest BCUT2D eigenvalue weighted by Crippen LogP contribution is -2.31. The molecule has 5 nitrogen and oxygen atoms in total. The third-order valence-electron chi connectivity index (χ3n) is 4.44. The second kappa shape index (κ2) is 8.42. The van der Waals surface area contributed by atoms with E-state index in [1.807, 2.05) is 23.1 Å². The smallest absolute Gasteiger partial charge is 0.253 e. The van der Waals surface area contributed by atoms with Gasteiger partial charge in [0.25, 0.3) is 11.8 Å². The van der Waals surface area contributed by atoms with E-state index in [9.17, 15) is 9.59 Å². The number of benzene rings is 1. The molecule has 2 aromatic rings. The maximum Gasteiger partial charge on any atom is 0.253 e. The number of pyridine rings is 1. The second-order valence-corrected chi connectivity index (χ2v) is 6.29. The van der Waals surface area contributed by atoms with Gasteiger partial charge >= 0.3 is 0 Å². The first kappa shape index (κ1) is 17.1. The molecule has 1 saturated heterocycles. The van der Waals surface area contributed by atoms with Gasteiger partial charge in [0.1, 0.15) is 0 Å². The van der Waals surface area contributed by atoms with Crippen LogP contribution in [0.1, 0.15) is 52.1 Å². The van der Waals surface area contributed by atoms with Crippen LogP contribution in [0.5, 0.6) is 0 Å². The van der Waals surface area contributed by atoms with E-state index in [2.05, 4.69) is 10.3 Å². The van der Waals surface area contributed by atoms with Crippen molar-refractivity contribution in [1.29, 1.82) is 0 Å². The normalized spacial score (nSPS) is 14.6. The molecule has 0 atom stereocenters. The molecule has 1 N–H and O–H groups in total. The lowest BCUT2D eigenvalue weighted by molar-refractivity contribution is 0.0761. The minimum Gasteiger partial charge on any atom is -0.346 e. The van der Waals surface area contributed by atoms with E-state index in [0.29, 0.717) is 17.7 Å². The highest BCUT2D eigenvalue weighted by atomic mass is 16.2. The monoisotopic (exact) mass is 337 g/mol. The quantitative estimate of drug-likeness (QED) is 0.933. The summed E-state index contributed by atoms with van der Waals surface area (Å²) in [5, 5.41) is 2.84. The highest BCUT2D eigenvalue weighted by molar-refractivity contribution is 5.97. The van der Waals surface area contributed by atoms with Crippen LogP contribution in [-0.2, 0) is 6.54 Å². The molecular weight excluding hydrogens is 314 g/mol. The first-order chi connectivity index (χ1) is 12.2. The zero-order valence-electron chi connectivity index (χ0n) is 14.3. The molecule has 3 rings (SSSR count). The zero-order chi connectivity index (χ0) is 17.5. The molecule has 25 heavy (non-hydrogen) atoms. The molecule has 1 aromatic heterocycles. The number of carbonyl (C=O) groups excluding carboxylic acids is 2. The van der Waals surface area contributed by atoms with Crippen molar-refractivity contribution < 1.29 is 9.59 Å². The maximum atomic E-state index is 12.6. The number of nitrogens with zero attached hydrogens (tertiary/aromatic N) is 2. The Morgan fingerprint density at radius 3 is 2.24 bits per heavy atom. The van der Waals surface area contributed by atoms with Crippen molar-refractivity contribution in [1.82, 2.24) is 15.2 Å². The highest BCUT2D eigenvalue weighted by Gasteiger charge is 2.17. The van der Waals surface area contributed by atoms with Gasteiger partial charge in [0.15, 0.2) is 0 Å². The number of rotatable bonds is 4. The minimum absolute atomic E-state index is 0.0577. The Labute approximate surface area is 148 Å². The minimum atomic E-state index is -0.167. The molecule has 0 aliphatic carbocycles. The van der Waals surface area contributed by atoms with Crippen LogP contribution in [0.25, 0.3) is 0 Å². The van der Waals surface area contributed by atoms with Crippen molar-refractivity contribution in [2.45, 2.75) is 32.2 Å². The average Bonchev–Trinajstić information content (AvgIpc) is 2.96. The van der Waals surface area contributed by atoms with Gasteiger partial charge in [-0.3, -0.25) is 14.6 Å². The number of hydrogen-bond donors (Lipinski definition) is 1. The molecule has 5 heteroatoms. The van der Waals surface area contributed by atoms with Gasteiger partial charge in [-0.1, -0.05) is 18.9 Å². The van der Waals surface area contributed by atoms with Gasteiger partial charge in [0.05, 0.1) is 12.2 Å². The van der Waals surface area contributed by atoms with E-state index >= 15 is 0 Å². The summed E-state index contributed by atoms with van der Waals surface area (Å²) in [6.45, 7) is 2.03.